The number of hydrogen-bond donors (Lipinski definition) is 2. The van der Waals surface area contributed by atoms with Gasteiger partial charge in [0.25, 0.3) is 0 Å². The highest BCUT2D eigenvalue weighted by atomic mass is 35.5. The number of phenolic OH excluding ortho intramolecular Hbond substituents is 1. The maximum absolute atomic E-state index is 9.21. The van der Waals surface area contributed by atoms with Gasteiger partial charge < -0.3 is 15.6 Å². The van der Waals surface area contributed by atoms with Crippen molar-refractivity contribution < 1.29 is 9.84 Å². The highest BCUT2D eigenvalue weighted by molar-refractivity contribution is 6.37. The molecular weight excluding hydrogens is 201 g/mol. The zero-order valence-electron chi connectivity index (χ0n) is 6.27. The summed E-state index contributed by atoms with van der Waals surface area (Å²) in [5.41, 5.74) is 5.44. The Labute approximate surface area is 79.7 Å². The van der Waals surface area contributed by atoms with Crippen LogP contribution in [0, 0.1) is 0 Å². The first-order chi connectivity index (χ1) is 5.57. The van der Waals surface area contributed by atoms with Gasteiger partial charge in [0.2, 0.25) is 0 Å². The molecule has 0 spiro atoms. The molecule has 0 amide bonds. The summed E-state index contributed by atoms with van der Waals surface area (Å²) < 4.78 is 4.85. The first-order valence-electron chi connectivity index (χ1n) is 3.08. The maximum Gasteiger partial charge on any atom is 0.159 e. The number of halogens is 2. The summed E-state index contributed by atoms with van der Waals surface area (Å²) in [6.07, 6.45) is 0. The van der Waals surface area contributed by atoms with Crippen molar-refractivity contribution in [3.63, 3.8) is 0 Å². The van der Waals surface area contributed by atoms with E-state index in [1.54, 1.807) is 0 Å². The molecule has 1 aromatic carbocycles. The van der Waals surface area contributed by atoms with E-state index in [1.807, 2.05) is 0 Å². The molecule has 0 fully saturated rings. The zero-order valence-corrected chi connectivity index (χ0v) is 7.78. The third-order valence-electron chi connectivity index (χ3n) is 1.41. The zero-order chi connectivity index (χ0) is 9.30. The molecule has 0 aliphatic heterocycles. The van der Waals surface area contributed by atoms with Crippen molar-refractivity contribution in [3.8, 4) is 11.5 Å². The fourth-order valence-corrected chi connectivity index (χ4v) is 1.18. The molecule has 0 aromatic heterocycles. The Balaban J connectivity index is 3.39. The molecule has 0 aliphatic carbocycles. The summed E-state index contributed by atoms with van der Waals surface area (Å²) in [6.45, 7) is 0. The van der Waals surface area contributed by atoms with E-state index < -0.39 is 0 Å². The molecule has 0 unspecified atom stereocenters. The molecule has 0 heterocycles. The number of benzene rings is 1. The Morgan fingerprint density at radius 3 is 2.58 bits per heavy atom. The number of phenols is 1. The topological polar surface area (TPSA) is 55.5 Å². The minimum atomic E-state index is -0.220. The van der Waals surface area contributed by atoms with Crippen molar-refractivity contribution in [3.05, 3.63) is 16.1 Å². The van der Waals surface area contributed by atoms with Gasteiger partial charge in [-0.25, -0.2) is 0 Å². The van der Waals surface area contributed by atoms with E-state index >= 15 is 0 Å². The largest absolute Gasteiger partial charge is 0.504 e. The van der Waals surface area contributed by atoms with Gasteiger partial charge in [0, 0.05) is 6.07 Å². The highest BCUT2D eigenvalue weighted by Gasteiger charge is 2.12. The lowest BCUT2D eigenvalue weighted by atomic mass is 10.3. The second kappa shape index (κ2) is 3.29. The standard InChI is InChI=1S/C7H7Cl2NO2/c1-12-4-2-3(8)7(11)6(10)5(4)9/h2,11H,10H2,1H3. The smallest absolute Gasteiger partial charge is 0.159 e. The number of nitrogens with two attached hydrogens (primary N) is 1. The number of aromatic hydroxyl groups is 1. The summed E-state index contributed by atoms with van der Waals surface area (Å²) in [5.74, 6) is 0.124. The Morgan fingerprint density at radius 2 is 2.08 bits per heavy atom. The monoisotopic (exact) mass is 207 g/mol. The van der Waals surface area contributed by atoms with Crippen molar-refractivity contribution >= 4 is 28.9 Å². The maximum atomic E-state index is 9.21. The third kappa shape index (κ3) is 1.38. The minimum absolute atomic E-state index is 0.0287. The molecule has 0 radical (unpaired) electrons. The first-order valence-corrected chi connectivity index (χ1v) is 3.84. The average Bonchev–Trinajstić information content (AvgIpc) is 2.08. The molecule has 1 aromatic rings. The number of rotatable bonds is 1. The third-order valence-corrected chi connectivity index (χ3v) is 2.09. The second-order valence-electron chi connectivity index (χ2n) is 2.14. The van der Waals surface area contributed by atoms with E-state index in [-0.39, 0.29) is 21.5 Å². The SMILES string of the molecule is COc1cc(Cl)c(O)c(N)c1Cl. The van der Waals surface area contributed by atoms with E-state index in [9.17, 15) is 5.11 Å². The van der Waals surface area contributed by atoms with Gasteiger partial charge >= 0.3 is 0 Å². The molecule has 1 rings (SSSR count). The van der Waals surface area contributed by atoms with Gasteiger partial charge in [-0.2, -0.15) is 0 Å². The van der Waals surface area contributed by atoms with Gasteiger partial charge in [-0.15, -0.1) is 0 Å². The Hall–Kier alpha value is -0.800. The normalized spacial score (nSPS) is 9.92. The van der Waals surface area contributed by atoms with Gasteiger partial charge in [-0.1, -0.05) is 23.2 Å². The molecule has 0 aliphatic rings. The lowest BCUT2D eigenvalue weighted by Gasteiger charge is -2.08. The molecule has 5 heteroatoms. The van der Waals surface area contributed by atoms with Gasteiger partial charge in [-0.3, -0.25) is 0 Å². The van der Waals surface area contributed by atoms with Crippen LogP contribution in [0.3, 0.4) is 0 Å². The van der Waals surface area contributed by atoms with Crippen molar-refractivity contribution in [2.45, 2.75) is 0 Å². The summed E-state index contributed by atoms with van der Waals surface area (Å²) in [6, 6.07) is 1.40. The molecular formula is C7H7Cl2NO2. The van der Waals surface area contributed by atoms with Crippen molar-refractivity contribution in [2.24, 2.45) is 0 Å². The van der Waals surface area contributed by atoms with Gasteiger partial charge in [0.1, 0.15) is 10.8 Å². The summed E-state index contributed by atoms with van der Waals surface area (Å²) in [7, 11) is 1.44. The van der Waals surface area contributed by atoms with E-state index in [0.717, 1.165) is 0 Å². The van der Waals surface area contributed by atoms with Crippen LogP contribution < -0.4 is 10.5 Å². The lowest BCUT2D eigenvalue weighted by molar-refractivity contribution is 0.413. The van der Waals surface area contributed by atoms with Crippen molar-refractivity contribution in [2.75, 3.05) is 12.8 Å². The van der Waals surface area contributed by atoms with Crippen LogP contribution in [0.25, 0.3) is 0 Å². The van der Waals surface area contributed by atoms with Gasteiger partial charge in [0.05, 0.1) is 17.8 Å². The van der Waals surface area contributed by atoms with Crippen LogP contribution in [-0.4, -0.2) is 12.2 Å². The molecule has 12 heavy (non-hydrogen) atoms. The van der Waals surface area contributed by atoms with Crippen LogP contribution in [-0.2, 0) is 0 Å². The summed E-state index contributed by atoms with van der Waals surface area (Å²) >= 11 is 11.3. The van der Waals surface area contributed by atoms with Gasteiger partial charge in [0.15, 0.2) is 5.75 Å². The predicted octanol–water partition coefficient (Wildman–Crippen LogP) is 2.29. The quantitative estimate of drug-likeness (QED) is 0.549. The molecule has 3 nitrogen and oxygen atoms in total. The number of ether oxygens (including phenoxy) is 1. The van der Waals surface area contributed by atoms with Crippen molar-refractivity contribution in [1.29, 1.82) is 0 Å². The molecule has 3 N–H and O–H groups in total. The van der Waals surface area contributed by atoms with E-state index in [1.165, 1.54) is 13.2 Å². The predicted molar refractivity (Wildman–Crippen MR) is 49.1 cm³/mol. The molecule has 0 bridgehead atoms. The second-order valence-corrected chi connectivity index (χ2v) is 2.92. The Kier molecular flexibility index (Phi) is 2.55. The number of nitrogen functional groups attached to an aromatic ring is 1. The lowest BCUT2D eigenvalue weighted by Crippen LogP contribution is -1.92. The van der Waals surface area contributed by atoms with E-state index in [4.69, 9.17) is 33.7 Å². The Bertz CT molecular complexity index is 315. The average molecular weight is 208 g/mol. The first kappa shape index (κ1) is 9.29. The molecule has 0 saturated carbocycles. The van der Waals surface area contributed by atoms with Crippen LogP contribution >= 0.6 is 23.2 Å². The Morgan fingerprint density at radius 1 is 1.50 bits per heavy atom. The van der Waals surface area contributed by atoms with Crippen LogP contribution in [0.15, 0.2) is 6.07 Å². The van der Waals surface area contributed by atoms with Crippen LogP contribution in [0.4, 0.5) is 5.69 Å². The molecule has 0 saturated heterocycles. The van der Waals surface area contributed by atoms with Crippen LogP contribution in [0.1, 0.15) is 0 Å². The number of methoxy groups -OCH3 is 1. The van der Waals surface area contributed by atoms with Gasteiger partial charge in [-0.05, 0) is 0 Å². The summed E-state index contributed by atoms with van der Waals surface area (Å²) in [4.78, 5) is 0. The number of hydrogen-bond acceptors (Lipinski definition) is 3. The fraction of sp³-hybridized carbons (Fsp3) is 0.143. The minimum Gasteiger partial charge on any atom is -0.504 e. The van der Waals surface area contributed by atoms with Crippen molar-refractivity contribution in [1.82, 2.24) is 0 Å². The molecule has 0 atom stereocenters. The van der Waals surface area contributed by atoms with E-state index in [2.05, 4.69) is 0 Å². The van der Waals surface area contributed by atoms with E-state index in [0.29, 0.717) is 5.75 Å². The fourth-order valence-electron chi connectivity index (χ4n) is 0.761. The highest BCUT2D eigenvalue weighted by Crippen LogP contribution is 2.41. The molecule has 66 valence electrons. The summed E-state index contributed by atoms with van der Waals surface area (Å²) in [5, 5.41) is 9.50. The van der Waals surface area contributed by atoms with Crippen LogP contribution in [0.2, 0.25) is 10.0 Å². The van der Waals surface area contributed by atoms with Crippen LogP contribution in [0.5, 0.6) is 11.5 Å². The number of anilines is 1.